The molecule has 164 valence electrons. The van der Waals surface area contributed by atoms with Crippen LogP contribution in [0.15, 0.2) is 56.4 Å². The number of carbonyl (C=O) groups is 1. The van der Waals surface area contributed by atoms with E-state index >= 15 is 0 Å². The highest BCUT2D eigenvalue weighted by Gasteiger charge is 2.26. The number of hydrogen-bond acceptors (Lipinski definition) is 8. The molecule has 1 saturated heterocycles. The molecule has 1 aliphatic rings. The fourth-order valence-corrected chi connectivity index (χ4v) is 4.61. The van der Waals surface area contributed by atoms with Gasteiger partial charge in [-0.2, -0.15) is 4.31 Å². The molecule has 31 heavy (non-hydrogen) atoms. The van der Waals surface area contributed by atoms with Crippen LogP contribution < -0.4 is 5.32 Å². The highest BCUT2D eigenvalue weighted by atomic mass is 32.2. The van der Waals surface area contributed by atoms with Gasteiger partial charge in [0.2, 0.25) is 15.9 Å². The highest BCUT2D eigenvalue weighted by molar-refractivity contribution is 7.89. The third-order valence-corrected chi connectivity index (χ3v) is 6.71. The third kappa shape index (κ3) is 4.84. The lowest BCUT2D eigenvalue weighted by atomic mass is 10.2. The van der Waals surface area contributed by atoms with Crippen molar-refractivity contribution in [1.29, 1.82) is 0 Å². The van der Waals surface area contributed by atoms with Crippen molar-refractivity contribution in [2.75, 3.05) is 26.3 Å². The summed E-state index contributed by atoms with van der Waals surface area (Å²) < 4.78 is 42.8. The number of rotatable bonds is 7. The molecule has 1 aromatic carbocycles. The lowest BCUT2D eigenvalue weighted by Gasteiger charge is -2.26. The van der Waals surface area contributed by atoms with Gasteiger partial charge in [0.15, 0.2) is 0 Å². The Kier molecular flexibility index (Phi) is 6.16. The van der Waals surface area contributed by atoms with E-state index in [1.165, 1.54) is 16.4 Å². The number of sulfonamides is 1. The van der Waals surface area contributed by atoms with Gasteiger partial charge in [0.25, 0.3) is 0 Å². The normalized spacial score (nSPS) is 16.2. The molecule has 3 aromatic rings. The van der Waals surface area contributed by atoms with Gasteiger partial charge < -0.3 is 18.9 Å². The topological polar surface area (TPSA) is 128 Å². The van der Waals surface area contributed by atoms with Gasteiger partial charge >= 0.3 is 11.8 Å². The summed E-state index contributed by atoms with van der Waals surface area (Å²) in [5, 5.41) is 10.5. The van der Waals surface area contributed by atoms with Crippen LogP contribution in [-0.4, -0.2) is 61.2 Å². The number of amides is 1. The number of nitrogens with zero attached hydrogens (tertiary/aromatic N) is 3. The Labute approximate surface area is 179 Å². The number of ether oxygens (including phenoxy) is 1. The van der Waals surface area contributed by atoms with Gasteiger partial charge in [-0.25, -0.2) is 8.42 Å². The van der Waals surface area contributed by atoms with Crippen LogP contribution in [-0.2, 0) is 21.2 Å². The minimum atomic E-state index is -3.59. The molecule has 1 fully saturated rings. The van der Waals surface area contributed by atoms with Crippen LogP contribution in [0.4, 0.5) is 0 Å². The molecule has 4 rings (SSSR count). The molecular weight excluding hydrogens is 424 g/mol. The largest absolute Gasteiger partial charge is 0.469 e. The number of benzene rings is 1. The average Bonchev–Trinajstić information content (AvgIpc) is 3.47. The fraction of sp³-hybridized carbons (Fsp3) is 0.350. The van der Waals surface area contributed by atoms with E-state index in [0.29, 0.717) is 38.3 Å². The van der Waals surface area contributed by atoms with E-state index < -0.39 is 15.9 Å². The lowest BCUT2D eigenvalue weighted by Crippen LogP contribution is -2.40. The highest BCUT2D eigenvalue weighted by Crippen LogP contribution is 2.23. The monoisotopic (exact) mass is 446 g/mol. The SMILES string of the molecule is C[C@@H](Cc1ccco1)NC(=O)c1nnc(-c2ccc(S(=O)(=O)N3CCOCC3)cc2)o1. The van der Waals surface area contributed by atoms with Crippen molar-refractivity contribution in [3.8, 4) is 11.5 Å². The van der Waals surface area contributed by atoms with Crippen LogP contribution >= 0.6 is 0 Å². The number of hydrogen-bond donors (Lipinski definition) is 1. The summed E-state index contributed by atoms with van der Waals surface area (Å²) in [4.78, 5) is 12.5. The number of furan rings is 1. The van der Waals surface area contributed by atoms with Gasteiger partial charge in [-0.3, -0.25) is 4.79 Å². The van der Waals surface area contributed by atoms with Crippen LogP contribution in [0.5, 0.6) is 0 Å². The average molecular weight is 446 g/mol. The standard InChI is InChI=1S/C20H22N4O6S/c1-14(13-16-3-2-10-29-16)21-18(25)20-23-22-19(30-20)15-4-6-17(7-5-15)31(26,27)24-8-11-28-12-9-24/h2-7,10,14H,8-9,11-13H2,1H3,(H,21,25)/t14-/m0/s1. The van der Waals surface area contributed by atoms with Gasteiger partial charge in [0.1, 0.15) is 5.76 Å². The summed E-state index contributed by atoms with van der Waals surface area (Å²) in [6.07, 6.45) is 2.10. The molecule has 0 bridgehead atoms. The van der Waals surface area contributed by atoms with Crippen LogP contribution in [0.25, 0.3) is 11.5 Å². The number of nitrogens with one attached hydrogen (secondary N) is 1. The Morgan fingerprint density at radius 3 is 2.58 bits per heavy atom. The molecule has 2 aromatic heterocycles. The maximum atomic E-state index is 12.7. The molecule has 0 radical (unpaired) electrons. The van der Waals surface area contributed by atoms with Crippen LogP contribution in [0.2, 0.25) is 0 Å². The molecular formula is C20H22N4O6S. The maximum absolute atomic E-state index is 12.7. The first-order valence-corrected chi connectivity index (χ1v) is 11.2. The van der Waals surface area contributed by atoms with E-state index in [4.69, 9.17) is 13.6 Å². The minimum Gasteiger partial charge on any atom is -0.469 e. The van der Waals surface area contributed by atoms with E-state index in [0.717, 1.165) is 5.76 Å². The van der Waals surface area contributed by atoms with Crippen molar-refractivity contribution in [3.05, 3.63) is 54.3 Å². The quantitative estimate of drug-likeness (QED) is 0.581. The molecule has 0 saturated carbocycles. The molecule has 1 aliphatic heterocycles. The molecule has 0 spiro atoms. The zero-order valence-electron chi connectivity index (χ0n) is 16.9. The number of aromatic nitrogens is 2. The first kappa shape index (κ1) is 21.2. The van der Waals surface area contributed by atoms with Gasteiger partial charge in [0, 0.05) is 31.1 Å². The third-order valence-electron chi connectivity index (χ3n) is 4.79. The molecule has 0 aliphatic carbocycles. The Hall–Kier alpha value is -3.02. The van der Waals surface area contributed by atoms with Gasteiger partial charge in [-0.1, -0.05) is 0 Å². The van der Waals surface area contributed by atoms with Crippen molar-refractivity contribution < 1.29 is 26.8 Å². The second-order valence-corrected chi connectivity index (χ2v) is 9.05. The van der Waals surface area contributed by atoms with Crippen molar-refractivity contribution in [2.45, 2.75) is 24.3 Å². The molecule has 1 N–H and O–H groups in total. The summed E-state index contributed by atoms with van der Waals surface area (Å²) in [5.74, 6) is 0.209. The van der Waals surface area contributed by atoms with Crippen molar-refractivity contribution in [2.24, 2.45) is 0 Å². The van der Waals surface area contributed by atoms with Crippen LogP contribution in [0.3, 0.4) is 0 Å². The van der Waals surface area contributed by atoms with Crippen molar-refractivity contribution in [3.63, 3.8) is 0 Å². The molecule has 3 heterocycles. The van der Waals surface area contributed by atoms with E-state index in [2.05, 4.69) is 15.5 Å². The van der Waals surface area contributed by atoms with E-state index in [-0.39, 0.29) is 22.7 Å². The second-order valence-electron chi connectivity index (χ2n) is 7.11. The molecule has 11 heteroatoms. The van der Waals surface area contributed by atoms with Crippen molar-refractivity contribution >= 4 is 15.9 Å². The summed E-state index contributed by atoms with van der Waals surface area (Å²) in [6, 6.07) is 9.52. The minimum absolute atomic E-state index is 0.124. The second kappa shape index (κ2) is 9.00. The number of morpholine rings is 1. The Morgan fingerprint density at radius 2 is 1.90 bits per heavy atom. The van der Waals surface area contributed by atoms with E-state index in [1.807, 2.05) is 13.0 Å². The van der Waals surface area contributed by atoms with Crippen LogP contribution in [0, 0.1) is 0 Å². The molecule has 10 nitrogen and oxygen atoms in total. The molecule has 0 unspecified atom stereocenters. The van der Waals surface area contributed by atoms with Gasteiger partial charge in [-0.05, 0) is 43.3 Å². The summed E-state index contributed by atoms with van der Waals surface area (Å²) in [6.45, 7) is 3.25. The Morgan fingerprint density at radius 1 is 1.16 bits per heavy atom. The predicted octanol–water partition coefficient (Wildman–Crippen LogP) is 1.71. The fourth-order valence-electron chi connectivity index (χ4n) is 3.20. The molecule has 1 amide bonds. The summed E-state index contributed by atoms with van der Waals surface area (Å²) in [5.41, 5.74) is 0.510. The zero-order chi connectivity index (χ0) is 21.8. The Balaban J connectivity index is 1.42. The number of carbonyl (C=O) groups excluding carboxylic acids is 1. The van der Waals surface area contributed by atoms with Gasteiger partial charge in [0.05, 0.1) is 24.4 Å². The van der Waals surface area contributed by atoms with Gasteiger partial charge in [-0.15, -0.1) is 10.2 Å². The van der Waals surface area contributed by atoms with E-state index in [1.54, 1.807) is 24.5 Å². The van der Waals surface area contributed by atoms with Crippen molar-refractivity contribution in [1.82, 2.24) is 19.8 Å². The lowest BCUT2D eigenvalue weighted by molar-refractivity contribution is 0.0730. The smallest absolute Gasteiger partial charge is 0.309 e. The first-order valence-electron chi connectivity index (χ1n) is 9.78. The zero-order valence-corrected chi connectivity index (χ0v) is 17.7. The maximum Gasteiger partial charge on any atom is 0.309 e. The van der Waals surface area contributed by atoms with Crippen LogP contribution in [0.1, 0.15) is 23.4 Å². The first-order chi connectivity index (χ1) is 14.9. The molecule has 1 atom stereocenters. The summed E-state index contributed by atoms with van der Waals surface area (Å²) in [7, 11) is -3.59. The van der Waals surface area contributed by atoms with E-state index in [9.17, 15) is 13.2 Å². The summed E-state index contributed by atoms with van der Waals surface area (Å²) >= 11 is 0. The Bertz CT molecular complexity index is 1120. The predicted molar refractivity (Wildman–Crippen MR) is 109 cm³/mol.